The molecule has 1 saturated heterocycles. The maximum Gasteiger partial charge on any atom is 0.416 e. The summed E-state index contributed by atoms with van der Waals surface area (Å²) >= 11 is 0. The van der Waals surface area contributed by atoms with E-state index in [9.17, 15) is 13.2 Å². The van der Waals surface area contributed by atoms with Crippen molar-refractivity contribution in [2.45, 2.75) is 12.7 Å². The van der Waals surface area contributed by atoms with Gasteiger partial charge in [0.15, 0.2) is 0 Å². The standard InChI is InChI=1S/C16H17F3N2O/c17-16(18,19)14-2-1-3-15(10-14)21-7-5-20(6-8-21)11-13-4-9-22-12-13/h1-4,9-10,12H,5-8,11H2/p+1. The van der Waals surface area contributed by atoms with E-state index in [0.717, 1.165) is 44.4 Å². The predicted molar refractivity (Wildman–Crippen MR) is 76.8 cm³/mol. The SMILES string of the molecule is FC(F)(F)c1cccc(N2CC[NH+](Cc3ccoc3)CC2)c1. The number of anilines is 1. The molecule has 118 valence electrons. The normalized spacial score (nSPS) is 17.0. The van der Waals surface area contributed by atoms with Crippen molar-refractivity contribution >= 4 is 5.69 Å². The molecule has 6 heteroatoms. The quantitative estimate of drug-likeness (QED) is 0.938. The molecule has 0 amide bonds. The van der Waals surface area contributed by atoms with Gasteiger partial charge in [0.05, 0.1) is 44.3 Å². The molecule has 0 saturated carbocycles. The van der Waals surface area contributed by atoms with Crippen LogP contribution >= 0.6 is 0 Å². The first-order valence-electron chi connectivity index (χ1n) is 7.29. The summed E-state index contributed by atoms with van der Waals surface area (Å²) in [6.45, 7) is 4.22. The van der Waals surface area contributed by atoms with Crippen LogP contribution in [-0.4, -0.2) is 26.2 Å². The van der Waals surface area contributed by atoms with Crippen molar-refractivity contribution in [2.75, 3.05) is 31.1 Å². The van der Waals surface area contributed by atoms with Crippen LogP contribution in [0.1, 0.15) is 11.1 Å². The molecule has 3 nitrogen and oxygen atoms in total. The van der Waals surface area contributed by atoms with Gasteiger partial charge in [-0.3, -0.25) is 0 Å². The van der Waals surface area contributed by atoms with E-state index in [4.69, 9.17) is 4.42 Å². The van der Waals surface area contributed by atoms with Crippen LogP contribution in [0.3, 0.4) is 0 Å². The second kappa shape index (κ2) is 6.04. The molecule has 1 aromatic heterocycles. The number of piperazine rings is 1. The Morgan fingerprint density at radius 2 is 1.91 bits per heavy atom. The fourth-order valence-corrected chi connectivity index (χ4v) is 2.82. The summed E-state index contributed by atoms with van der Waals surface area (Å²) in [5, 5.41) is 0. The van der Waals surface area contributed by atoms with Gasteiger partial charge >= 0.3 is 6.18 Å². The monoisotopic (exact) mass is 311 g/mol. The summed E-state index contributed by atoms with van der Waals surface area (Å²) in [5.41, 5.74) is 1.22. The Morgan fingerprint density at radius 3 is 2.55 bits per heavy atom. The van der Waals surface area contributed by atoms with Gasteiger partial charge in [0, 0.05) is 11.3 Å². The van der Waals surface area contributed by atoms with Crippen molar-refractivity contribution in [3.8, 4) is 0 Å². The molecule has 2 heterocycles. The van der Waals surface area contributed by atoms with Crippen LogP contribution in [0.5, 0.6) is 0 Å². The van der Waals surface area contributed by atoms with Gasteiger partial charge in [-0.25, -0.2) is 0 Å². The zero-order valence-corrected chi connectivity index (χ0v) is 12.1. The molecule has 1 aliphatic heterocycles. The number of nitrogens with one attached hydrogen (secondary N) is 1. The summed E-state index contributed by atoms with van der Waals surface area (Å²) in [5.74, 6) is 0. The largest absolute Gasteiger partial charge is 0.472 e. The van der Waals surface area contributed by atoms with Crippen LogP contribution in [0.25, 0.3) is 0 Å². The number of furan rings is 1. The Morgan fingerprint density at radius 1 is 1.14 bits per heavy atom. The first-order chi connectivity index (χ1) is 10.5. The summed E-state index contributed by atoms with van der Waals surface area (Å²) in [7, 11) is 0. The summed E-state index contributed by atoms with van der Waals surface area (Å²) in [6.07, 6.45) is -0.885. The maximum absolute atomic E-state index is 12.8. The lowest BCUT2D eigenvalue weighted by molar-refractivity contribution is -0.914. The number of alkyl halides is 3. The zero-order valence-electron chi connectivity index (χ0n) is 12.1. The molecule has 22 heavy (non-hydrogen) atoms. The Labute approximate surface area is 126 Å². The molecule has 0 spiro atoms. The minimum absolute atomic E-state index is 0.585. The van der Waals surface area contributed by atoms with E-state index in [1.165, 1.54) is 17.0 Å². The Kier molecular flexibility index (Phi) is 4.11. The Hall–Kier alpha value is -1.95. The fourth-order valence-electron chi connectivity index (χ4n) is 2.82. The Balaban J connectivity index is 1.61. The number of nitrogens with zero attached hydrogens (tertiary/aromatic N) is 1. The van der Waals surface area contributed by atoms with Gasteiger partial charge in [0.25, 0.3) is 0 Å². The van der Waals surface area contributed by atoms with Crippen LogP contribution in [0.2, 0.25) is 0 Å². The molecule has 1 aliphatic rings. The topological polar surface area (TPSA) is 20.8 Å². The van der Waals surface area contributed by atoms with Gasteiger partial charge in [-0.05, 0) is 24.3 Å². The lowest BCUT2D eigenvalue weighted by Crippen LogP contribution is -3.13. The molecule has 0 unspecified atom stereocenters. The van der Waals surface area contributed by atoms with E-state index in [-0.39, 0.29) is 0 Å². The van der Waals surface area contributed by atoms with Crippen LogP contribution in [-0.2, 0) is 12.7 Å². The first-order valence-corrected chi connectivity index (χ1v) is 7.29. The molecule has 0 bridgehead atoms. The molecule has 0 radical (unpaired) electrons. The smallest absolute Gasteiger partial charge is 0.416 e. The molecule has 1 aromatic carbocycles. The Bertz CT molecular complexity index is 602. The van der Waals surface area contributed by atoms with E-state index < -0.39 is 11.7 Å². The van der Waals surface area contributed by atoms with Gasteiger partial charge in [-0.2, -0.15) is 13.2 Å². The van der Waals surface area contributed by atoms with Crippen molar-refractivity contribution in [2.24, 2.45) is 0 Å². The third kappa shape index (κ3) is 3.44. The van der Waals surface area contributed by atoms with Gasteiger partial charge in [-0.15, -0.1) is 0 Å². The molecule has 2 aromatic rings. The maximum atomic E-state index is 12.8. The van der Waals surface area contributed by atoms with Crippen LogP contribution in [0.15, 0.2) is 47.3 Å². The second-order valence-electron chi connectivity index (χ2n) is 5.59. The highest BCUT2D eigenvalue weighted by Gasteiger charge is 2.31. The second-order valence-corrected chi connectivity index (χ2v) is 5.59. The van der Waals surface area contributed by atoms with E-state index in [1.54, 1.807) is 18.6 Å². The van der Waals surface area contributed by atoms with E-state index >= 15 is 0 Å². The van der Waals surface area contributed by atoms with Crippen LogP contribution in [0.4, 0.5) is 18.9 Å². The van der Waals surface area contributed by atoms with Crippen molar-refractivity contribution in [1.29, 1.82) is 0 Å². The average molecular weight is 311 g/mol. The molecular formula is C16H18F3N2O+. The molecule has 1 fully saturated rings. The van der Waals surface area contributed by atoms with E-state index in [1.807, 2.05) is 11.0 Å². The van der Waals surface area contributed by atoms with Crippen LogP contribution in [0, 0.1) is 0 Å². The van der Waals surface area contributed by atoms with Gasteiger partial charge in [0.2, 0.25) is 0 Å². The number of quaternary nitrogens is 1. The molecule has 0 aliphatic carbocycles. The third-order valence-corrected chi connectivity index (χ3v) is 4.04. The van der Waals surface area contributed by atoms with Gasteiger partial charge in [-0.1, -0.05) is 6.07 Å². The molecular weight excluding hydrogens is 293 g/mol. The number of benzene rings is 1. The van der Waals surface area contributed by atoms with E-state index in [0.29, 0.717) is 5.69 Å². The highest BCUT2D eigenvalue weighted by molar-refractivity contribution is 5.49. The lowest BCUT2D eigenvalue weighted by atomic mass is 10.1. The number of hydrogen-bond acceptors (Lipinski definition) is 2. The number of rotatable bonds is 3. The lowest BCUT2D eigenvalue weighted by Gasteiger charge is -2.33. The van der Waals surface area contributed by atoms with Crippen LogP contribution < -0.4 is 9.80 Å². The highest BCUT2D eigenvalue weighted by Crippen LogP contribution is 2.31. The summed E-state index contributed by atoms with van der Waals surface area (Å²) < 4.78 is 43.4. The first kappa shape index (κ1) is 15.0. The molecule has 3 rings (SSSR count). The highest BCUT2D eigenvalue weighted by atomic mass is 19.4. The number of hydrogen-bond donors (Lipinski definition) is 1. The average Bonchev–Trinajstić information content (AvgIpc) is 3.00. The third-order valence-electron chi connectivity index (χ3n) is 4.04. The summed E-state index contributed by atoms with van der Waals surface area (Å²) in [6, 6.07) is 7.52. The predicted octanol–water partition coefficient (Wildman–Crippen LogP) is 2.20. The van der Waals surface area contributed by atoms with Crippen molar-refractivity contribution in [3.05, 3.63) is 54.0 Å². The van der Waals surface area contributed by atoms with E-state index in [2.05, 4.69) is 0 Å². The minimum Gasteiger partial charge on any atom is -0.472 e. The van der Waals surface area contributed by atoms with Gasteiger partial charge < -0.3 is 14.2 Å². The summed E-state index contributed by atoms with van der Waals surface area (Å²) in [4.78, 5) is 3.44. The molecule has 0 atom stereocenters. The molecule has 1 N–H and O–H groups in total. The van der Waals surface area contributed by atoms with Gasteiger partial charge in [0.1, 0.15) is 6.54 Å². The zero-order chi connectivity index (χ0) is 15.6. The van der Waals surface area contributed by atoms with Crippen molar-refractivity contribution < 1.29 is 22.5 Å². The minimum atomic E-state index is -4.29. The fraction of sp³-hybridized carbons (Fsp3) is 0.375. The van der Waals surface area contributed by atoms with Crippen molar-refractivity contribution in [1.82, 2.24) is 0 Å². The number of halogens is 3. The van der Waals surface area contributed by atoms with Crippen molar-refractivity contribution in [3.63, 3.8) is 0 Å².